The Balaban J connectivity index is 3.70. The molecule has 0 unspecified atom stereocenters. The highest BCUT2D eigenvalue weighted by Gasteiger charge is 2.06. The highest BCUT2D eigenvalue weighted by Crippen LogP contribution is 1.96. The number of carbonyl (C=O) groups excluding carboxylic acids is 1. The molecule has 2 heteroatoms. The van der Waals surface area contributed by atoms with E-state index in [1.807, 2.05) is 12.2 Å². The second-order valence-electron chi connectivity index (χ2n) is 3.67. The van der Waals surface area contributed by atoms with E-state index in [-0.39, 0.29) is 0 Å². The van der Waals surface area contributed by atoms with Gasteiger partial charge in [0.25, 0.3) is 0 Å². The van der Waals surface area contributed by atoms with Crippen molar-refractivity contribution in [2.24, 2.45) is 0 Å². The summed E-state index contributed by atoms with van der Waals surface area (Å²) >= 11 is 0. The smallest absolute Gasteiger partial charge is 0.129 e. The molecule has 0 aliphatic rings. The summed E-state index contributed by atoms with van der Waals surface area (Å²) in [6.45, 7) is 6.62. The van der Waals surface area contributed by atoms with Crippen LogP contribution in [0, 0.1) is 11.5 Å². The fourth-order valence-electron chi connectivity index (χ4n) is 0.565. The van der Waals surface area contributed by atoms with Crippen molar-refractivity contribution in [3.63, 3.8) is 0 Å². The van der Waals surface area contributed by atoms with Crippen LogP contribution in [-0.2, 0) is 4.79 Å². The molecular weight excluding hydrogens is 164 g/mol. The Kier molecular flexibility index (Phi) is 5.40. The first-order valence-corrected chi connectivity index (χ1v) is 7.67. The lowest BCUT2D eigenvalue weighted by atomic mass is 10.3. The lowest BCUT2D eigenvalue weighted by Crippen LogP contribution is -2.16. The van der Waals surface area contributed by atoms with E-state index in [4.69, 9.17) is 0 Å². The van der Waals surface area contributed by atoms with Gasteiger partial charge >= 0.3 is 0 Å². The van der Waals surface area contributed by atoms with Gasteiger partial charge in [-0.1, -0.05) is 31.6 Å². The zero-order valence-corrected chi connectivity index (χ0v) is 9.05. The summed E-state index contributed by atoms with van der Waals surface area (Å²) in [4.78, 5) is 9.93. The van der Waals surface area contributed by atoms with E-state index in [9.17, 15) is 4.79 Å². The van der Waals surface area contributed by atoms with E-state index < -0.39 is 8.07 Å². The summed E-state index contributed by atoms with van der Waals surface area (Å²) in [5.41, 5.74) is 3.21. The first-order chi connectivity index (χ1) is 5.56. The monoisotopic (exact) mass is 180 g/mol. The molecule has 0 rings (SSSR count). The summed E-state index contributed by atoms with van der Waals surface area (Å²) in [5, 5.41) is 0. The SMILES string of the molecule is C[Si](C)(C)C#C/C=C/CCC=O. The molecule has 0 heterocycles. The van der Waals surface area contributed by atoms with Gasteiger partial charge in [-0.3, -0.25) is 0 Å². The molecule has 0 fully saturated rings. The standard InChI is InChI=1S/C10H16OSi/c1-12(2,3)10-8-6-4-5-7-9-11/h4,6,9H,5,7H2,1-3H3/b6-4+. The van der Waals surface area contributed by atoms with Gasteiger partial charge in [0.15, 0.2) is 0 Å². The quantitative estimate of drug-likeness (QED) is 0.282. The van der Waals surface area contributed by atoms with Crippen LogP contribution in [0.3, 0.4) is 0 Å². The highest BCUT2D eigenvalue weighted by atomic mass is 28.3. The van der Waals surface area contributed by atoms with E-state index in [2.05, 4.69) is 31.1 Å². The Morgan fingerprint density at radius 1 is 1.25 bits per heavy atom. The van der Waals surface area contributed by atoms with Crippen molar-refractivity contribution in [1.82, 2.24) is 0 Å². The van der Waals surface area contributed by atoms with Gasteiger partial charge in [0.05, 0.1) is 0 Å². The van der Waals surface area contributed by atoms with Crippen LogP contribution in [0.2, 0.25) is 19.6 Å². The average Bonchev–Trinajstić information content (AvgIpc) is 1.94. The molecule has 0 amide bonds. The topological polar surface area (TPSA) is 17.1 Å². The van der Waals surface area contributed by atoms with Gasteiger partial charge < -0.3 is 4.79 Å². The van der Waals surface area contributed by atoms with Crippen molar-refractivity contribution in [3.8, 4) is 11.5 Å². The fraction of sp³-hybridized carbons (Fsp3) is 0.500. The van der Waals surface area contributed by atoms with Gasteiger partial charge in [-0.05, 0) is 12.5 Å². The van der Waals surface area contributed by atoms with Crippen LogP contribution in [0.4, 0.5) is 0 Å². The third kappa shape index (κ3) is 9.19. The largest absolute Gasteiger partial charge is 0.303 e. The lowest BCUT2D eigenvalue weighted by molar-refractivity contribution is -0.107. The molecule has 66 valence electrons. The zero-order chi connectivity index (χ0) is 9.45. The third-order valence-electron chi connectivity index (χ3n) is 1.10. The fourth-order valence-corrected chi connectivity index (χ4v) is 1.08. The van der Waals surface area contributed by atoms with Gasteiger partial charge in [-0.25, -0.2) is 0 Å². The van der Waals surface area contributed by atoms with Gasteiger partial charge in [0.1, 0.15) is 14.4 Å². The first-order valence-electron chi connectivity index (χ1n) is 4.17. The minimum atomic E-state index is -1.21. The minimum absolute atomic E-state index is 0.602. The molecule has 0 aromatic heterocycles. The normalized spacial score (nSPS) is 10.9. The Morgan fingerprint density at radius 2 is 1.92 bits per heavy atom. The second kappa shape index (κ2) is 5.79. The summed E-state index contributed by atoms with van der Waals surface area (Å²) in [6, 6.07) is 0. The molecule has 0 N–H and O–H groups in total. The van der Waals surface area contributed by atoms with E-state index in [0.717, 1.165) is 12.7 Å². The van der Waals surface area contributed by atoms with Gasteiger partial charge in [-0.15, -0.1) is 5.54 Å². The van der Waals surface area contributed by atoms with Crippen LogP contribution < -0.4 is 0 Å². The number of hydrogen-bond acceptors (Lipinski definition) is 1. The van der Waals surface area contributed by atoms with Gasteiger partial charge in [0.2, 0.25) is 0 Å². The maximum Gasteiger partial charge on any atom is 0.129 e. The Morgan fingerprint density at radius 3 is 2.42 bits per heavy atom. The van der Waals surface area contributed by atoms with E-state index in [1.165, 1.54) is 0 Å². The Bertz CT molecular complexity index is 212. The molecule has 0 aliphatic carbocycles. The van der Waals surface area contributed by atoms with Crippen LogP contribution >= 0.6 is 0 Å². The number of unbranched alkanes of at least 4 members (excludes halogenated alkanes) is 1. The Labute approximate surface area is 75.9 Å². The maximum atomic E-state index is 9.93. The molecule has 0 aliphatic heterocycles. The zero-order valence-electron chi connectivity index (χ0n) is 8.05. The molecule has 1 nitrogen and oxygen atoms in total. The predicted molar refractivity (Wildman–Crippen MR) is 55.6 cm³/mol. The number of allylic oxidation sites excluding steroid dienone is 2. The van der Waals surface area contributed by atoms with Crippen molar-refractivity contribution in [2.45, 2.75) is 32.5 Å². The molecule has 0 atom stereocenters. The molecule has 0 aromatic carbocycles. The van der Waals surface area contributed by atoms with E-state index in [1.54, 1.807) is 0 Å². The van der Waals surface area contributed by atoms with Gasteiger partial charge in [0, 0.05) is 6.42 Å². The van der Waals surface area contributed by atoms with Gasteiger partial charge in [-0.2, -0.15) is 0 Å². The first kappa shape index (κ1) is 11.2. The van der Waals surface area contributed by atoms with Crippen LogP contribution in [0.5, 0.6) is 0 Å². The van der Waals surface area contributed by atoms with Crippen LogP contribution in [0.1, 0.15) is 12.8 Å². The summed E-state index contributed by atoms with van der Waals surface area (Å²) in [7, 11) is -1.21. The highest BCUT2D eigenvalue weighted by molar-refractivity contribution is 6.83. The molecular formula is C10H16OSi. The summed E-state index contributed by atoms with van der Waals surface area (Å²) in [6.07, 6.45) is 6.13. The molecule has 0 aromatic rings. The van der Waals surface area contributed by atoms with Crippen LogP contribution in [0.15, 0.2) is 12.2 Å². The minimum Gasteiger partial charge on any atom is -0.303 e. The van der Waals surface area contributed by atoms with E-state index >= 15 is 0 Å². The maximum absolute atomic E-state index is 9.93. The second-order valence-corrected chi connectivity index (χ2v) is 8.42. The average molecular weight is 180 g/mol. The van der Waals surface area contributed by atoms with Crippen molar-refractivity contribution in [1.29, 1.82) is 0 Å². The number of rotatable bonds is 3. The van der Waals surface area contributed by atoms with Crippen molar-refractivity contribution < 1.29 is 4.79 Å². The molecule has 0 saturated heterocycles. The number of hydrogen-bond donors (Lipinski definition) is 0. The van der Waals surface area contributed by atoms with Crippen molar-refractivity contribution in [2.75, 3.05) is 0 Å². The molecule has 0 radical (unpaired) electrons. The van der Waals surface area contributed by atoms with E-state index in [0.29, 0.717) is 6.42 Å². The molecule has 0 bridgehead atoms. The summed E-state index contributed by atoms with van der Waals surface area (Å²) in [5.74, 6) is 3.00. The third-order valence-corrected chi connectivity index (χ3v) is 1.99. The summed E-state index contributed by atoms with van der Waals surface area (Å²) < 4.78 is 0. The molecule has 12 heavy (non-hydrogen) atoms. The predicted octanol–water partition coefficient (Wildman–Crippen LogP) is 2.40. The molecule has 0 saturated carbocycles. The van der Waals surface area contributed by atoms with Crippen molar-refractivity contribution in [3.05, 3.63) is 12.2 Å². The van der Waals surface area contributed by atoms with Crippen molar-refractivity contribution >= 4 is 14.4 Å². The lowest BCUT2D eigenvalue weighted by Gasteiger charge is -2.01. The number of carbonyl (C=O) groups is 1. The molecule has 0 spiro atoms. The number of aldehydes is 1. The van der Waals surface area contributed by atoms with Crippen LogP contribution in [0.25, 0.3) is 0 Å². The Hall–Kier alpha value is -0.813. The van der Waals surface area contributed by atoms with Crippen LogP contribution in [-0.4, -0.2) is 14.4 Å².